The van der Waals surface area contributed by atoms with Crippen molar-refractivity contribution in [2.45, 2.75) is 0 Å². The van der Waals surface area contributed by atoms with E-state index in [1.165, 1.54) is 20.2 Å². The number of hydrogen-bond donors (Lipinski definition) is 2. The number of benzene rings is 1. The second kappa shape index (κ2) is 7.41. The SMILES string of the molecule is CN(C)S(=O)(=O)CCNC(=O)c1cccc(-c2cccc(=O)[nH]2)c1. The Morgan fingerprint density at radius 2 is 1.88 bits per heavy atom. The number of nitrogens with zero attached hydrogens (tertiary/aromatic N) is 1. The molecule has 2 N–H and O–H groups in total. The van der Waals surface area contributed by atoms with Crippen molar-refractivity contribution >= 4 is 15.9 Å². The van der Waals surface area contributed by atoms with Gasteiger partial charge in [0, 0.05) is 38.0 Å². The molecule has 7 nitrogen and oxygen atoms in total. The third-order valence-corrected chi connectivity index (χ3v) is 5.24. The molecule has 0 saturated heterocycles. The van der Waals surface area contributed by atoms with Crippen molar-refractivity contribution in [3.05, 3.63) is 58.4 Å². The van der Waals surface area contributed by atoms with E-state index in [9.17, 15) is 18.0 Å². The first-order chi connectivity index (χ1) is 11.3. The minimum absolute atomic E-state index is 0.0196. The summed E-state index contributed by atoms with van der Waals surface area (Å²) in [5.41, 5.74) is 1.46. The van der Waals surface area contributed by atoms with Crippen LogP contribution in [0.3, 0.4) is 0 Å². The minimum Gasteiger partial charge on any atom is -0.351 e. The molecule has 24 heavy (non-hydrogen) atoms. The summed E-state index contributed by atoms with van der Waals surface area (Å²) in [6.45, 7) is 0.0196. The van der Waals surface area contributed by atoms with Crippen LogP contribution in [0.4, 0.5) is 0 Å². The third-order valence-electron chi connectivity index (χ3n) is 3.41. The molecule has 2 rings (SSSR count). The number of hydrogen-bond acceptors (Lipinski definition) is 4. The van der Waals surface area contributed by atoms with Crippen molar-refractivity contribution in [3.8, 4) is 11.3 Å². The van der Waals surface area contributed by atoms with E-state index in [2.05, 4.69) is 10.3 Å². The summed E-state index contributed by atoms with van der Waals surface area (Å²) < 4.78 is 24.4. The number of carbonyl (C=O) groups is 1. The van der Waals surface area contributed by atoms with Crippen LogP contribution in [0.25, 0.3) is 11.3 Å². The summed E-state index contributed by atoms with van der Waals surface area (Å²) in [7, 11) is -0.462. The molecule has 2 aromatic rings. The predicted molar refractivity (Wildman–Crippen MR) is 92.3 cm³/mol. The van der Waals surface area contributed by atoms with E-state index < -0.39 is 10.0 Å². The Morgan fingerprint density at radius 3 is 2.54 bits per heavy atom. The predicted octanol–water partition coefficient (Wildman–Crippen LogP) is 0.663. The maximum Gasteiger partial charge on any atom is 0.251 e. The lowest BCUT2D eigenvalue weighted by molar-refractivity contribution is 0.0956. The first-order valence-electron chi connectivity index (χ1n) is 7.28. The summed E-state index contributed by atoms with van der Waals surface area (Å²) >= 11 is 0. The van der Waals surface area contributed by atoms with E-state index in [1.807, 2.05) is 0 Å². The van der Waals surface area contributed by atoms with Crippen LogP contribution in [0.5, 0.6) is 0 Å². The quantitative estimate of drug-likeness (QED) is 0.800. The molecule has 0 bridgehead atoms. The average Bonchev–Trinajstić information content (AvgIpc) is 2.54. The molecule has 128 valence electrons. The van der Waals surface area contributed by atoms with E-state index in [0.717, 1.165) is 4.31 Å². The van der Waals surface area contributed by atoms with Gasteiger partial charge >= 0.3 is 0 Å². The molecule has 0 radical (unpaired) electrons. The van der Waals surface area contributed by atoms with Gasteiger partial charge in [-0.05, 0) is 23.8 Å². The number of nitrogens with one attached hydrogen (secondary N) is 2. The minimum atomic E-state index is -3.35. The lowest BCUT2D eigenvalue weighted by Crippen LogP contribution is -2.33. The summed E-state index contributed by atoms with van der Waals surface area (Å²) in [5, 5.41) is 2.58. The van der Waals surface area contributed by atoms with Gasteiger partial charge in [-0.15, -0.1) is 0 Å². The highest BCUT2D eigenvalue weighted by Gasteiger charge is 2.14. The van der Waals surface area contributed by atoms with Crippen molar-refractivity contribution < 1.29 is 13.2 Å². The van der Waals surface area contributed by atoms with Crippen LogP contribution in [0.15, 0.2) is 47.3 Å². The Labute approximate surface area is 140 Å². The van der Waals surface area contributed by atoms with Crippen LogP contribution in [0, 0.1) is 0 Å². The molecule has 0 saturated carbocycles. The highest BCUT2D eigenvalue weighted by molar-refractivity contribution is 7.89. The number of rotatable bonds is 6. The molecule has 0 atom stereocenters. The second-order valence-corrected chi connectivity index (χ2v) is 7.67. The fourth-order valence-electron chi connectivity index (χ4n) is 2.02. The molecule has 0 spiro atoms. The number of sulfonamides is 1. The highest BCUT2D eigenvalue weighted by atomic mass is 32.2. The number of pyridine rings is 1. The topological polar surface area (TPSA) is 99.3 Å². The number of amides is 1. The van der Waals surface area contributed by atoms with Gasteiger partial charge in [-0.3, -0.25) is 9.59 Å². The van der Waals surface area contributed by atoms with E-state index in [1.54, 1.807) is 36.4 Å². The summed E-state index contributed by atoms with van der Waals surface area (Å²) in [6, 6.07) is 11.5. The molecule has 0 fully saturated rings. The Morgan fingerprint density at radius 1 is 1.17 bits per heavy atom. The fourth-order valence-corrected chi connectivity index (χ4v) is 2.75. The largest absolute Gasteiger partial charge is 0.351 e. The van der Waals surface area contributed by atoms with Crippen LogP contribution < -0.4 is 10.9 Å². The molecule has 1 aromatic heterocycles. The van der Waals surface area contributed by atoms with Crippen LogP contribution in [-0.2, 0) is 10.0 Å². The van der Waals surface area contributed by atoms with Crippen molar-refractivity contribution in [2.24, 2.45) is 0 Å². The Bertz CT molecular complexity index is 888. The van der Waals surface area contributed by atoms with Gasteiger partial charge < -0.3 is 10.3 Å². The van der Waals surface area contributed by atoms with Gasteiger partial charge in [-0.2, -0.15) is 0 Å². The summed E-state index contributed by atoms with van der Waals surface area (Å²) in [5.74, 6) is -0.540. The first-order valence-corrected chi connectivity index (χ1v) is 8.89. The van der Waals surface area contributed by atoms with Crippen LogP contribution in [0.1, 0.15) is 10.4 Å². The van der Waals surface area contributed by atoms with Gasteiger partial charge in [-0.25, -0.2) is 12.7 Å². The Hall–Kier alpha value is -2.45. The molecular weight excluding hydrogens is 330 g/mol. The zero-order valence-electron chi connectivity index (χ0n) is 13.4. The molecule has 1 heterocycles. The monoisotopic (exact) mass is 349 g/mol. The second-order valence-electron chi connectivity index (χ2n) is 5.36. The lowest BCUT2D eigenvalue weighted by Gasteiger charge is -2.12. The standard InChI is InChI=1S/C16H19N3O4S/c1-19(2)24(22,23)10-9-17-16(21)13-6-3-5-12(11-13)14-7-4-8-15(20)18-14/h3-8,11H,9-10H2,1-2H3,(H,17,21)(H,18,20). The van der Waals surface area contributed by atoms with Crippen LogP contribution in [-0.4, -0.2) is 50.0 Å². The molecular formula is C16H19N3O4S. The molecule has 1 amide bonds. The Kier molecular flexibility index (Phi) is 5.53. The molecule has 0 aliphatic carbocycles. The maximum atomic E-state index is 12.2. The number of carbonyl (C=O) groups excluding carboxylic acids is 1. The molecule has 8 heteroatoms. The smallest absolute Gasteiger partial charge is 0.251 e. The number of aromatic nitrogens is 1. The van der Waals surface area contributed by atoms with Gasteiger partial charge in [0.2, 0.25) is 15.6 Å². The fraction of sp³-hybridized carbons (Fsp3) is 0.250. The van der Waals surface area contributed by atoms with Crippen molar-refractivity contribution in [2.75, 3.05) is 26.4 Å². The zero-order chi connectivity index (χ0) is 17.7. The van der Waals surface area contributed by atoms with Gasteiger partial charge in [0.25, 0.3) is 5.91 Å². The summed E-state index contributed by atoms with van der Waals surface area (Å²) in [4.78, 5) is 26.2. The zero-order valence-corrected chi connectivity index (χ0v) is 14.3. The van der Waals surface area contributed by atoms with Crippen molar-refractivity contribution in [3.63, 3.8) is 0 Å². The Balaban J connectivity index is 2.08. The number of H-pyrrole nitrogens is 1. The molecule has 0 aliphatic heterocycles. The van der Waals surface area contributed by atoms with Crippen LogP contribution in [0.2, 0.25) is 0 Å². The van der Waals surface area contributed by atoms with Gasteiger partial charge in [0.1, 0.15) is 0 Å². The van der Waals surface area contributed by atoms with E-state index >= 15 is 0 Å². The maximum absolute atomic E-state index is 12.2. The normalized spacial score (nSPS) is 11.5. The van der Waals surface area contributed by atoms with Crippen molar-refractivity contribution in [1.29, 1.82) is 0 Å². The molecule has 0 unspecified atom stereocenters. The van der Waals surface area contributed by atoms with Crippen LogP contribution >= 0.6 is 0 Å². The van der Waals surface area contributed by atoms with Crippen molar-refractivity contribution in [1.82, 2.24) is 14.6 Å². The van der Waals surface area contributed by atoms with Gasteiger partial charge in [-0.1, -0.05) is 18.2 Å². The first kappa shape index (κ1) is 17.9. The highest BCUT2D eigenvalue weighted by Crippen LogP contribution is 2.16. The molecule has 0 aliphatic rings. The summed E-state index contributed by atoms with van der Waals surface area (Å²) in [6.07, 6.45) is 0. The van der Waals surface area contributed by atoms with E-state index in [0.29, 0.717) is 16.8 Å². The number of aromatic amines is 1. The molecule has 1 aromatic carbocycles. The average molecular weight is 349 g/mol. The van der Waals surface area contributed by atoms with Gasteiger partial charge in [0.05, 0.1) is 5.75 Å². The van der Waals surface area contributed by atoms with E-state index in [4.69, 9.17) is 0 Å². The van der Waals surface area contributed by atoms with Gasteiger partial charge in [0.15, 0.2) is 0 Å². The lowest BCUT2D eigenvalue weighted by atomic mass is 10.1. The third kappa shape index (κ3) is 4.53. The van der Waals surface area contributed by atoms with E-state index in [-0.39, 0.29) is 23.8 Å².